The zero-order valence-corrected chi connectivity index (χ0v) is 9.15. The van der Waals surface area contributed by atoms with Gasteiger partial charge >= 0.3 is 0 Å². The monoisotopic (exact) mass is 217 g/mol. The van der Waals surface area contributed by atoms with E-state index in [1.165, 1.54) is 5.56 Å². The summed E-state index contributed by atoms with van der Waals surface area (Å²) in [5.74, 6) is 0.244. The highest BCUT2D eigenvalue weighted by molar-refractivity contribution is 5.87. The predicted molar refractivity (Wildman–Crippen MR) is 61.2 cm³/mol. The molecule has 4 nitrogen and oxygen atoms in total. The maximum atomic E-state index is 12.2. The Morgan fingerprint density at radius 3 is 3.00 bits per heavy atom. The topological polar surface area (TPSA) is 45.2 Å². The van der Waals surface area contributed by atoms with E-state index in [0.717, 1.165) is 38.0 Å². The molecule has 0 aliphatic carbocycles. The minimum Gasteiger partial charge on any atom is -0.372 e. The number of nitrogens with one attached hydrogen (secondary N) is 1. The van der Waals surface area contributed by atoms with Gasteiger partial charge in [-0.15, -0.1) is 0 Å². The number of hydrogen-bond donors (Lipinski definition) is 1. The van der Waals surface area contributed by atoms with Gasteiger partial charge in [0.05, 0.1) is 11.9 Å². The quantitative estimate of drug-likeness (QED) is 0.764. The Balaban J connectivity index is 1.73. The molecule has 1 saturated heterocycles. The first-order chi connectivity index (χ1) is 7.84. The summed E-state index contributed by atoms with van der Waals surface area (Å²) < 4.78 is 0. The van der Waals surface area contributed by atoms with E-state index in [1.54, 1.807) is 12.4 Å². The molecule has 0 radical (unpaired) electrons. The minimum absolute atomic E-state index is 0.0719. The molecule has 0 saturated carbocycles. The number of likely N-dealkylation sites (tertiary alicyclic amines) is 1. The molecule has 1 N–H and O–H groups in total. The van der Waals surface area contributed by atoms with Crippen molar-refractivity contribution in [1.82, 2.24) is 9.88 Å². The van der Waals surface area contributed by atoms with E-state index in [1.807, 2.05) is 11.0 Å². The fourth-order valence-electron chi connectivity index (χ4n) is 2.50. The third kappa shape index (κ3) is 1.54. The van der Waals surface area contributed by atoms with Gasteiger partial charge in [0.2, 0.25) is 5.91 Å². The first kappa shape index (κ1) is 9.63. The van der Waals surface area contributed by atoms with E-state index < -0.39 is 0 Å². The number of aromatic nitrogens is 1. The fourth-order valence-corrected chi connectivity index (χ4v) is 2.50. The molecule has 3 rings (SSSR count). The molecule has 1 aromatic heterocycles. The summed E-state index contributed by atoms with van der Waals surface area (Å²) in [4.78, 5) is 18.2. The molecule has 84 valence electrons. The van der Waals surface area contributed by atoms with Crippen LogP contribution in [-0.4, -0.2) is 34.9 Å². The van der Waals surface area contributed by atoms with E-state index in [-0.39, 0.29) is 11.9 Å². The van der Waals surface area contributed by atoms with Crippen LogP contribution in [0.2, 0.25) is 0 Å². The van der Waals surface area contributed by atoms with Gasteiger partial charge < -0.3 is 10.2 Å². The van der Waals surface area contributed by atoms with Crippen molar-refractivity contribution in [3.63, 3.8) is 0 Å². The molecule has 1 atom stereocenters. The van der Waals surface area contributed by atoms with Gasteiger partial charge in [0.25, 0.3) is 0 Å². The summed E-state index contributed by atoms with van der Waals surface area (Å²) in [7, 11) is 0. The number of anilines is 1. The van der Waals surface area contributed by atoms with Crippen molar-refractivity contribution in [3.8, 4) is 0 Å². The Morgan fingerprint density at radius 2 is 2.25 bits per heavy atom. The highest BCUT2D eigenvalue weighted by atomic mass is 16.2. The molecule has 16 heavy (non-hydrogen) atoms. The molecule has 1 amide bonds. The molecule has 1 unspecified atom stereocenters. The SMILES string of the molecule is O=C(C1Cc2ccncc2N1)N1CCCC1. The molecule has 0 aromatic carbocycles. The van der Waals surface area contributed by atoms with Crippen molar-refractivity contribution in [3.05, 3.63) is 24.0 Å². The zero-order valence-electron chi connectivity index (χ0n) is 9.15. The molecule has 1 aromatic rings. The van der Waals surface area contributed by atoms with Gasteiger partial charge in [0.1, 0.15) is 6.04 Å². The van der Waals surface area contributed by atoms with Crippen molar-refractivity contribution in [2.75, 3.05) is 18.4 Å². The summed E-state index contributed by atoms with van der Waals surface area (Å²) in [5, 5.41) is 3.26. The van der Waals surface area contributed by atoms with Crippen LogP contribution in [0, 0.1) is 0 Å². The summed E-state index contributed by atoms with van der Waals surface area (Å²) >= 11 is 0. The normalized spacial score (nSPS) is 23.0. The van der Waals surface area contributed by atoms with E-state index in [2.05, 4.69) is 10.3 Å². The molecule has 0 bridgehead atoms. The van der Waals surface area contributed by atoms with Crippen LogP contribution in [0.1, 0.15) is 18.4 Å². The molecule has 2 aliphatic rings. The second-order valence-electron chi connectivity index (χ2n) is 4.47. The van der Waals surface area contributed by atoms with Gasteiger partial charge in [-0.3, -0.25) is 9.78 Å². The Kier molecular flexibility index (Phi) is 2.27. The largest absolute Gasteiger partial charge is 0.372 e. The number of rotatable bonds is 1. The predicted octanol–water partition coefficient (Wildman–Crippen LogP) is 1.04. The summed E-state index contributed by atoms with van der Waals surface area (Å²) in [6.07, 6.45) is 6.67. The highest BCUT2D eigenvalue weighted by Crippen LogP contribution is 2.25. The number of pyridine rings is 1. The fraction of sp³-hybridized carbons (Fsp3) is 0.500. The molecule has 1 fully saturated rings. The van der Waals surface area contributed by atoms with Gasteiger partial charge in [0, 0.05) is 25.7 Å². The molecular weight excluding hydrogens is 202 g/mol. The van der Waals surface area contributed by atoms with Gasteiger partial charge in [-0.25, -0.2) is 0 Å². The van der Waals surface area contributed by atoms with Crippen molar-refractivity contribution < 1.29 is 4.79 Å². The van der Waals surface area contributed by atoms with E-state index in [4.69, 9.17) is 0 Å². The number of hydrogen-bond acceptors (Lipinski definition) is 3. The number of fused-ring (bicyclic) bond motifs is 1. The summed E-state index contributed by atoms with van der Waals surface area (Å²) in [6, 6.07) is 1.91. The first-order valence-corrected chi connectivity index (χ1v) is 5.83. The summed E-state index contributed by atoms with van der Waals surface area (Å²) in [5.41, 5.74) is 2.22. The molecule has 4 heteroatoms. The highest BCUT2D eigenvalue weighted by Gasteiger charge is 2.31. The standard InChI is InChI=1S/C12H15N3O/c16-12(15-5-1-2-6-15)10-7-9-3-4-13-8-11(9)14-10/h3-4,8,10,14H,1-2,5-7H2. The van der Waals surface area contributed by atoms with Gasteiger partial charge in [0.15, 0.2) is 0 Å². The minimum atomic E-state index is -0.0719. The van der Waals surface area contributed by atoms with Gasteiger partial charge in [-0.1, -0.05) is 0 Å². The lowest BCUT2D eigenvalue weighted by molar-refractivity contribution is -0.130. The van der Waals surface area contributed by atoms with Crippen LogP contribution in [0.5, 0.6) is 0 Å². The number of carbonyl (C=O) groups is 1. The Bertz CT molecular complexity index is 387. The number of nitrogens with zero attached hydrogens (tertiary/aromatic N) is 2. The van der Waals surface area contributed by atoms with Crippen LogP contribution in [0.25, 0.3) is 0 Å². The third-order valence-corrected chi connectivity index (χ3v) is 3.38. The molecule has 0 spiro atoms. The first-order valence-electron chi connectivity index (χ1n) is 5.83. The van der Waals surface area contributed by atoms with Crippen molar-refractivity contribution in [2.24, 2.45) is 0 Å². The molecule has 3 heterocycles. The second kappa shape index (κ2) is 3.77. The zero-order chi connectivity index (χ0) is 11.0. The van der Waals surface area contributed by atoms with Crippen molar-refractivity contribution >= 4 is 11.6 Å². The smallest absolute Gasteiger partial charge is 0.245 e. The lowest BCUT2D eigenvalue weighted by Gasteiger charge is -2.20. The second-order valence-corrected chi connectivity index (χ2v) is 4.47. The van der Waals surface area contributed by atoms with Crippen molar-refractivity contribution in [1.29, 1.82) is 0 Å². The van der Waals surface area contributed by atoms with Crippen LogP contribution in [-0.2, 0) is 11.2 Å². The van der Waals surface area contributed by atoms with Crippen LogP contribution in [0.15, 0.2) is 18.5 Å². The summed E-state index contributed by atoms with van der Waals surface area (Å²) in [6.45, 7) is 1.84. The van der Waals surface area contributed by atoms with E-state index in [9.17, 15) is 4.79 Å². The third-order valence-electron chi connectivity index (χ3n) is 3.38. The maximum Gasteiger partial charge on any atom is 0.245 e. The Labute approximate surface area is 94.7 Å². The van der Waals surface area contributed by atoms with Crippen LogP contribution < -0.4 is 5.32 Å². The Hall–Kier alpha value is -1.58. The lowest BCUT2D eigenvalue weighted by atomic mass is 10.1. The maximum absolute atomic E-state index is 12.2. The lowest BCUT2D eigenvalue weighted by Crippen LogP contribution is -2.40. The number of amides is 1. The van der Waals surface area contributed by atoms with E-state index >= 15 is 0 Å². The Morgan fingerprint density at radius 1 is 1.44 bits per heavy atom. The molecule has 2 aliphatic heterocycles. The van der Waals surface area contributed by atoms with Gasteiger partial charge in [-0.05, 0) is 24.5 Å². The van der Waals surface area contributed by atoms with Gasteiger partial charge in [-0.2, -0.15) is 0 Å². The van der Waals surface area contributed by atoms with Crippen LogP contribution in [0.3, 0.4) is 0 Å². The van der Waals surface area contributed by atoms with Crippen molar-refractivity contribution in [2.45, 2.75) is 25.3 Å². The average molecular weight is 217 g/mol. The van der Waals surface area contributed by atoms with Crippen LogP contribution >= 0.6 is 0 Å². The molecular formula is C12H15N3O. The van der Waals surface area contributed by atoms with E-state index in [0.29, 0.717) is 0 Å². The number of carbonyl (C=O) groups excluding carboxylic acids is 1. The van der Waals surface area contributed by atoms with Crippen LogP contribution in [0.4, 0.5) is 5.69 Å². The average Bonchev–Trinajstić information content (AvgIpc) is 2.97.